The lowest BCUT2D eigenvalue weighted by Gasteiger charge is -2.09. The maximum Gasteiger partial charge on any atom is 0.231 e. The summed E-state index contributed by atoms with van der Waals surface area (Å²) in [7, 11) is 0. The first-order chi connectivity index (χ1) is 9.60. The van der Waals surface area contributed by atoms with Gasteiger partial charge in [-0.05, 0) is 57.1 Å². The summed E-state index contributed by atoms with van der Waals surface area (Å²) >= 11 is 5.64. The second-order valence-corrected chi connectivity index (χ2v) is 6.17. The highest BCUT2D eigenvalue weighted by Gasteiger charge is 2.20. The smallest absolute Gasteiger partial charge is 0.231 e. The molecule has 20 heavy (non-hydrogen) atoms. The van der Waals surface area contributed by atoms with Gasteiger partial charge in [0.15, 0.2) is 17.3 Å². The summed E-state index contributed by atoms with van der Waals surface area (Å²) in [6, 6.07) is 3.78. The average Bonchev–Trinajstić information content (AvgIpc) is 2.90. The summed E-state index contributed by atoms with van der Waals surface area (Å²) in [6.45, 7) is 2.27. The van der Waals surface area contributed by atoms with Gasteiger partial charge >= 0.3 is 0 Å². The Morgan fingerprint density at radius 2 is 2.15 bits per heavy atom. The number of benzene rings is 1. The minimum absolute atomic E-state index is 0.229. The number of nitrogen functional groups attached to an aromatic ring is 1. The van der Waals surface area contributed by atoms with Crippen LogP contribution in [0.15, 0.2) is 16.6 Å². The third-order valence-electron chi connectivity index (χ3n) is 2.97. The van der Waals surface area contributed by atoms with E-state index in [1.165, 1.54) is 0 Å². The Morgan fingerprint density at radius 3 is 2.90 bits per heavy atom. The molecule has 0 radical (unpaired) electrons. The summed E-state index contributed by atoms with van der Waals surface area (Å²) in [5.74, 6) is 2.50. The molecule has 0 saturated heterocycles. The normalized spacial score (nSPS) is 12.8. The van der Waals surface area contributed by atoms with Gasteiger partial charge in [0.2, 0.25) is 6.79 Å². The number of halogens is 2. The van der Waals surface area contributed by atoms with E-state index < -0.39 is 0 Å². The quantitative estimate of drug-likeness (QED) is 0.714. The molecule has 1 aliphatic rings. The van der Waals surface area contributed by atoms with Gasteiger partial charge < -0.3 is 15.2 Å². The van der Waals surface area contributed by atoms with E-state index in [-0.39, 0.29) is 6.79 Å². The van der Waals surface area contributed by atoms with E-state index in [0.29, 0.717) is 23.1 Å². The highest BCUT2D eigenvalue weighted by molar-refractivity contribution is 14.1. The van der Waals surface area contributed by atoms with E-state index in [1.807, 2.05) is 19.1 Å². The lowest BCUT2D eigenvalue weighted by molar-refractivity contribution is 0.173. The van der Waals surface area contributed by atoms with E-state index >= 15 is 0 Å². The van der Waals surface area contributed by atoms with Crippen LogP contribution >= 0.6 is 38.5 Å². The number of rotatable bonds is 2. The number of ether oxygens (including phenoxy) is 2. The van der Waals surface area contributed by atoms with Gasteiger partial charge in [-0.25, -0.2) is 9.97 Å². The fraction of sp³-hybridized carbons (Fsp3) is 0.231. The molecule has 0 fully saturated rings. The van der Waals surface area contributed by atoms with Gasteiger partial charge in [0, 0.05) is 5.56 Å². The van der Waals surface area contributed by atoms with Gasteiger partial charge in [0.05, 0.1) is 13.7 Å². The van der Waals surface area contributed by atoms with Crippen molar-refractivity contribution in [1.29, 1.82) is 0 Å². The maximum atomic E-state index is 5.96. The molecule has 104 valence electrons. The molecule has 1 aromatic heterocycles. The summed E-state index contributed by atoms with van der Waals surface area (Å²) in [5, 5.41) is 0. The van der Waals surface area contributed by atoms with Crippen molar-refractivity contribution in [2.75, 3.05) is 12.5 Å². The predicted octanol–water partition coefficient (Wildman–Crippen LogP) is 3.38. The van der Waals surface area contributed by atoms with Crippen LogP contribution in [0.2, 0.25) is 0 Å². The second kappa shape index (κ2) is 5.36. The van der Waals surface area contributed by atoms with Gasteiger partial charge in [0.25, 0.3) is 0 Å². The van der Waals surface area contributed by atoms with Crippen molar-refractivity contribution in [3.05, 3.63) is 25.9 Å². The van der Waals surface area contributed by atoms with Crippen LogP contribution in [0.5, 0.6) is 11.5 Å². The van der Waals surface area contributed by atoms with E-state index in [9.17, 15) is 0 Å². The molecule has 0 saturated carbocycles. The zero-order valence-corrected chi connectivity index (χ0v) is 14.4. The highest BCUT2D eigenvalue weighted by Crippen LogP contribution is 2.42. The van der Waals surface area contributed by atoms with E-state index in [2.05, 4.69) is 48.5 Å². The molecule has 2 N–H and O–H groups in total. The molecule has 0 amide bonds. The SMILES string of the molecule is CCc1nc(-c2cc(Br)c3c(c2)OCO3)nc(N)c1I. The van der Waals surface area contributed by atoms with Crippen LogP contribution in [0, 0.1) is 3.57 Å². The molecule has 0 atom stereocenters. The third kappa shape index (κ3) is 2.32. The van der Waals surface area contributed by atoms with Gasteiger partial charge in [0.1, 0.15) is 5.82 Å². The molecule has 1 aromatic carbocycles. The Balaban J connectivity index is 2.14. The molecule has 2 aromatic rings. The molecule has 3 rings (SSSR count). The minimum atomic E-state index is 0.229. The lowest BCUT2D eigenvalue weighted by Crippen LogP contribution is -2.04. The number of nitrogens with two attached hydrogens (primary N) is 1. The lowest BCUT2D eigenvalue weighted by atomic mass is 10.2. The fourth-order valence-electron chi connectivity index (χ4n) is 1.97. The topological polar surface area (TPSA) is 70.3 Å². The van der Waals surface area contributed by atoms with E-state index in [4.69, 9.17) is 15.2 Å². The van der Waals surface area contributed by atoms with Gasteiger partial charge in [-0.15, -0.1) is 0 Å². The van der Waals surface area contributed by atoms with Crippen LogP contribution in [0.1, 0.15) is 12.6 Å². The fourth-order valence-corrected chi connectivity index (χ4v) is 3.15. The van der Waals surface area contributed by atoms with E-state index in [0.717, 1.165) is 25.7 Å². The highest BCUT2D eigenvalue weighted by atomic mass is 127. The zero-order chi connectivity index (χ0) is 14.3. The van der Waals surface area contributed by atoms with Crippen LogP contribution < -0.4 is 15.2 Å². The average molecular weight is 448 g/mol. The predicted molar refractivity (Wildman–Crippen MR) is 87.8 cm³/mol. The maximum absolute atomic E-state index is 5.96. The number of hydrogen-bond acceptors (Lipinski definition) is 5. The van der Waals surface area contributed by atoms with Crippen molar-refractivity contribution in [2.45, 2.75) is 13.3 Å². The molecule has 2 heterocycles. The number of fused-ring (bicyclic) bond motifs is 1. The number of hydrogen-bond donors (Lipinski definition) is 1. The molecule has 1 aliphatic heterocycles. The Morgan fingerprint density at radius 1 is 1.35 bits per heavy atom. The first-order valence-electron chi connectivity index (χ1n) is 6.01. The standard InChI is InChI=1S/C13H11BrIN3O2/c1-2-8-10(15)12(16)18-13(17-8)6-3-7(14)11-9(4-6)19-5-20-11/h3-4H,2,5H2,1H3,(H2,16,17,18). The Labute approximate surface area is 138 Å². The van der Waals surface area contributed by atoms with Crippen molar-refractivity contribution < 1.29 is 9.47 Å². The number of aryl methyl sites for hydroxylation is 1. The minimum Gasteiger partial charge on any atom is -0.454 e. The van der Waals surface area contributed by atoms with Gasteiger partial charge in [-0.2, -0.15) is 0 Å². The largest absolute Gasteiger partial charge is 0.454 e. The summed E-state index contributed by atoms with van der Waals surface area (Å²) < 4.78 is 12.5. The number of nitrogens with zero attached hydrogens (tertiary/aromatic N) is 2. The van der Waals surface area contributed by atoms with Gasteiger partial charge in [-0.1, -0.05) is 6.92 Å². The third-order valence-corrected chi connectivity index (χ3v) is 4.73. The van der Waals surface area contributed by atoms with Crippen molar-refractivity contribution in [2.24, 2.45) is 0 Å². The molecular weight excluding hydrogens is 437 g/mol. The molecule has 0 spiro atoms. The summed E-state index contributed by atoms with van der Waals surface area (Å²) in [6.07, 6.45) is 0.809. The van der Waals surface area contributed by atoms with Crippen molar-refractivity contribution >= 4 is 44.3 Å². The van der Waals surface area contributed by atoms with Crippen molar-refractivity contribution in [1.82, 2.24) is 9.97 Å². The van der Waals surface area contributed by atoms with Crippen LogP contribution in [-0.4, -0.2) is 16.8 Å². The zero-order valence-electron chi connectivity index (χ0n) is 10.6. The molecule has 0 unspecified atom stereocenters. The summed E-state index contributed by atoms with van der Waals surface area (Å²) in [4.78, 5) is 8.93. The first kappa shape index (κ1) is 13.9. The molecular formula is C13H11BrIN3O2. The van der Waals surface area contributed by atoms with Crippen molar-refractivity contribution in [3.8, 4) is 22.9 Å². The number of anilines is 1. The van der Waals surface area contributed by atoms with Crippen molar-refractivity contribution in [3.63, 3.8) is 0 Å². The second-order valence-electron chi connectivity index (χ2n) is 4.24. The van der Waals surface area contributed by atoms with E-state index in [1.54, 1.807) is 0 Å². The molecule has 5 nitrogen and oxygen atoms in total. The van der Waals surface area contributed by atoms with Gasteiger partial charge in [-0.3, -0.25) is 0 Å². The summed E-state index contributed by atoms with van der Waals surface area (Å²) in [5.41, 5.74) is 7.75. The number of aromatic nitrogens is 2. The monoisotopic (exact) mass is 447 g/mol. The van der Waals surface area contributed by atoms with Crippen LogP contribution in [0.3, 0.4) is 0 Å². The van der Waals surface area contributed by atoms with Crippen LogP contribution in [0.4, 0.5) is 5.82 Å². The Bertz CT molecular complexity index is 685. The van der Waals surface area contributed by atoms with Crippen LogP contribution in [0.25, 0.3) is 11.4 Å². The molecule has 7 heteroatoms. The molecule has 0 bridgehead atoms. The first-order valence-corrected chi connectivity index (χ1v) is 7.88. The Hall–Kier alpha value is -1.09. The molecule has 0 aliphatic carbocycles. The Kier molecular flexibility index (Phi) is 3.72. The van der Waals surface area contributed by atoms with Crippen LogP contribution in [-0.2, 0) is 6.42 Å².